The van der Waals surface area contributed by atoms with Gasteiger partial charge in [-0.25, -0.2) is 9.67 Å². The first-order chi connectivity index (χ1) is 8.58. The van der Waals surface area contributed by atoms with Gasteiger partial charge in [0, 0.05) is 31.2 Å². The van der Waals surface area contributed by atoms with Crippen LogP contribution in [-0.4, -0.2) is 44.3 Å². The summed E-state index contributed by atoms with van der Waals surface area (Å²) in [6.07, 6.45) is 2.81. The number of aryl methyl sites for hydroxylation is 1. The third-order valence-corrected chi connectivity index (χ3v) is 4.12. The normalized spacial score (nSPS) is 29.7. The van der Waals surface area contributed by atoms with E-state index < -0.39 is 0 Å². The molecule has 1 aliphatic heterocycles. The predicted molar refractivity (Wildman–Crippen MR) is 72.3 cm³/mol. The van der Waals surface area contributed by atoms with Gasteiger partial charge in [0.2, 0.25) is 0 Å². The van der Waals surface area contributed by atoms with Crippen molar-refractivity contribution in [2.24, 2.45) is 0 Å². The zero-order valence-corrected chi connectivity index (χ0v) is 12.0. The second-order valence-corrected chi connectivity index (χ2v) is 5.54. The largest absolute Gasteiger partial charge is 0.309 e. The molecule has 2 atom stereocenters. The van der Waals surface area contributed by atoms with E-state index >= 15 is 0 Å². The Morgan fingerprint density at radius 3 is 2.94 bits per heavy atom. The molecule has 1 aromatic heterocycles. The van der Waals surface area contributed by atoms with Crippen LogP contribution in [0.25, 0.3) is 0 Å². The standard InChI is InChI=1S/C13H25N5/c1-5-13(4)9-17(11(3)7-15-13)8-12-14-10-16-18(12)6-2/h10-11,15H,5-9H2,1-4H3. The number of hydrogen-bond acceptors (Lipinski definition) is 4. The lowest BCUT2D eigenvalue weighted by atomic mass is 9.94. The third-order valence-electron chi connectivity index (χ3n) is 4.12. The van der Waals surface area contributed by atoms with E-state index in [1.165, 1.54) is 0 Å². The second kappa shape index (κ2) is 5.36. The fraction of sp³-hybridized carbons (Fsp3) is 0.846. The van der Waals surface area contributed by atoms with Crippen LogP contribution in [0.4, 0.5) is 0 Å². The van der Waals surface area contributed by atoms with Gasteiger partial charge in [-0.15, -0.1) is 0 Å². The number of hydrogen-bond donors (Lipinski definition) is 1. The van der Waals surface area contributed by atoms with Gasteiger partial charge in [-0.2, -0.15) is 5.10 Å². The van der Waals surface area contributed by atoms with E-state index in [1.807, 2.05) is 4.68 Å². The smallest absolute Gasteiger partial charge is 0.141 e. The van der Waals surface area contributed by atoms with Crippen molar-refractivity contribution in [3.63, 3.8) is 0 Å². The molecule has 0 saturated carbocycles. The molecule has 1 saturated heterocycles. The Bertz CT molecular complexity index is 388. The molecule has 102 valence electrons. The molecule has 1 fully saturated rings. The maximum atomic E-state index is 4.38. The van der Waals surface area contributed by atoms with Gasteiger partial charge in [0.1, 0.15) is 12.2 Å². The summed E-state index contributed by atoms with van der Waals surface area (Å²) in [6, 6.07) is 0.548. The highest BCUT2D eigenvalue weighted by Gasteiger charge is 2.32. The van der Waals surface area contributed by atoms with E-state index in [1.54, 1.807) is 6.33 Å². The van der Waals surface area contributed by atoms with Crippen molar-refractivity contribution in [3.05, 3.63) is 12.2 Å². The van der Waals surface area contributed by atoms with Crippen molar-refractivity contribution >= 4 is 0 Å². The molecule has 5 nitrogen and oxygen atoms in total. The monoisotopic (exact) mass is 251 g/mol. The lowest BCUT2D eigenvalue weighted by Crippen LogP contribution is -2.61. The Balaban J connectivity index is 2.07. The minimum atomic E-state index is 0.226. The van der Waals surface area contributed by atoms with Crippen molar-refractivity contribution in [2.75, 3.05) is 13.1 Å². The first kappa shape index (κ1) is 13.5. The zero-order valence-electron chi connectivity index (χ0n) is 12.0. The summed E-state index contributed by atoms with van der Waals surface area (Å²) in [6.45, 7) is 12.8. The Morgan fingerprint density at radius 1 is 1.50 bits per heavy atom. The fourth-order valence-electron chi connectivity index (χ4n) is 2.49. The highest BCUT2D eigenvalue weighted by Crippen LogP contribution is 2.20. The summed E-state index contributed by atoms with van der Waals surface area (Å²) in [5.41, 5.74) is 0.226. The van der Waals surface area contributed by atoms with Crippen molar-refractivity contribution in [1.29, 1.82) is 0 Å². The molecular formula is C13H25N5. The van der Waals surface area contributed by atoms with Crippen molar-refractivity contribution in [3.8, 4) is 0 Å². The maximum absolute atomic E-state index is 4.38. The summed E-state index contributed by atoms with van der Waals surface area (Å²) in [4.78, 5) is 6.89. The summed E-state index contributed by atoms with van der Waals surface area (Å²) in [5.74, 6) is 1.07. The second-order valence-electron chi connectivity index (χ2n) is 5.54. The molecule has 2 heterocycles. The van der Waals surface area contributed by atoms with Gasteiger partial charge in [-0.05, 0) is 27.2 Å². The van der Waals surface area contributed by atoms with E-state index in [2.05, 4.69) is 48.0 Å². The predicted octanol–water partition coefficient (Wildman–Crippen LogP) is 1.26. The van der Waals surface area contributed by atoms with Crippen LogP contribution in [0.3, 0.4) is 0 Å². The first-order valence-electron chi connectivity index (χ1n) is 6.93. The molecule has 0 bridgehead atoms. The highest BCUT2D eigenvalue weighted by molar-refractivity contribution is 4.95. The minimum Gasteiger partial charge on any atom is -0.309 e. The van der Waals surface area contributed by atoms with Gasteiger partial charge in [-0.1, -0.05) is 6.92 Å². The molecule has 0 amide bonds. The number of aromatic nitrogens is 3. The van der Waals surface area contributed by atoms with Crippen molar-refractivity contribution < 1.29 is 0 Å². The van der Waals surface area contributed by atoms with E-state index in [0.717, 1.165) is 38.4 Å². The Labute approximate surface area is 110 Å². The van der Waals surface area contributed by atoms with Crippen LogP contribution in [0.2, 0.25) is 0 Å². The molecule has 2 rings (SSSR count). The number of nitrogens with one attached hydrogen (secondary N) is 1. The quantitative estimate of drug-likeness (QED) is 0.875. The van der Waals surface area contributed by atoms with Crippen LogP contribution < -0.4 is 5.32 Å². The lowest BCUT2D eigenvalue weighted by molar-refractivity contribution is 0.0829. The Morgan fingerprint density at radius 2 is 2.28 bits per heavy atom. The number of piperazine rings is 1. The van der Waals surface area contributed by atoms with E-state index in [-0.39, 0.29) is 5.54 Å². The van der Waals surface area contributed by atoms with Gasteiger partial charge in [-0.3, -0.25) is 4.90 Å². The topological polar surface area (TPSA) is 46.0 Å². The summed E-state index contributed by atoms with van der Waals surface area (Å²) >= 11 is 0. The van der Waals surface area contributed by atoms with Crippen LogP contribution >= 0.6 is 0 Å². The van der Waals surface area contributed by atoms with Crippen LogP contribution in [0, 0.1) is 0 Å². The molecule has 0 radical (unpaired) electrons. The van der Waals surface area contributed by atoms with E-state index in [4.69, 9.17) is 0 Å². The van der Waals surface area contributed by atoms with Gasteiger partial charge < -0.3 is 5.32 Å². The fourth-order valence-corrected chi connectivity index (χ4v) is 2.49. The van der Waals surface area contributed by atoms with Gasteiger partial charge in [0.25, 0.3) is 0 Å². The molecule has 1 aromatic rings. The summed E-state index contributed by atoms with van der Waals surface area (Å²) in [5, 5.41) is 7.89. The van der Waals surface area contributed by atoms with Crippen LogP contribution in [0.5, 0.6) is 0 Å². The van der Waals surface area contributed by atoms with E-state index in [0.29, 0.717) is 6.04 Å². The molecule has 1 N–H and O–H groups in total. The zero-order chi connectivity index (χ0) is 13.2. The van der Waals surface area contributed by atoms with Crippen molar-refractivity contribution in [1.82, 2.24) is 25.0 Å². The Kier molecular flexibility index (Phi) is 4.02. The molecule has 5 heteroatoms. The van der Waals surface area contributed by atoms with Crippen LogP contribution in [0.1, 0.15) is 39.9 Å². The average molecular weight is 251 g/mol. The molecule has 0 aliphatic carbocycles. The summed E-state index contributed by atoms with van der Waals surface area (Å²) in [7, 11) is 0. The SMILES string of the molecule is CCn1ncnc1CN1CC(C)(CC)NCC1C. The third kappa shape index (κ3) is 2.72. The minimum absolute atomic E-state index is 0.226. The van der Waals surface area contributed by atoms with Gasteiger partial charge in [0.15, 0.2) is 0 Å². The Hall–Kier alpha value is -0.940. The van der Waals surface area contributed by atoms with Crippen LogP contribution in [-0.2, 0) is 13.1 Å². The first-order valence-corrected chi connectivity index (χ1v) is 6.93. The molecule has 0 spiro atoms. The number of nitrogens with zero attached hydrogens (tertiary/aromatic N) is 4. The molecule has 18 heavy (non-hydrogen) atoms. The average Bonchev–Trinajstić information content (AvgIpc) is 2.81. The highest BCUT2D eigenvalue weighted by atomic mass is 15.4. The lowest BCUT2D eigenvalue weighted by Gasteiger charge is -2.44. The molecule has 0 aromatic carbocycles. The van der Waals surface area contributed by atoms with Gasteiger partial charge in [0.05, 0.1) is 6.54 Å². The van der Waals surface area contributed by atoms with Gasteiger partial charge >= 0.3 is 0 Å². The van der Waals surface area contributed by atoms with Crippen LogP contribution in [0.15, 0.2) is 6.33 Å². The maximum Gasteiger partial charge on any atom is 0.141 e. The summed E-state index contributed by atoms with van der Waals surface area (Å²) < 4.78 is 1.98. The molecule has 1 aliphatic rings. The molecular weight excluding hydrogens is 226 g/mol. The van der Waals surface area contributed by atoms with Crippen molar-refractivity contribution in [2.45, 2.75) is 58.8 Å². The van der Waals surface area contributed by atoms with E-state index in [9.17, 15) is 0 Å². The molecule has 2 unspecified atom stereocenters. The number of rotatable bonds is 4.